The van der Waals surface area contributed by atoms with Crippen molar-refractivity contribution in [2.24, 2.45) is 0 Å². The summed E-state index contributed by atoms with van der Waals surface area (Å²) in [5.41, 5.74) is 2.48. The molecule has 0 unspecified atom stereocenters. The number of nitrogens with zero attached hydrogens (tertiary/aromatic N) is 2. The van der Waals surface area contributed by atoms with Crippen molar-refractivity contribution in [3.05, 3.63) is 53.6 Å². The summed E-state index contributed by atoms with van der Waals surface area (Å²) in [5, 5.41) is 3.38. The zero-order valence-electron chi connectivity index (χ0n) is 19.4. The molecule has 0 saturated heterocycles. The Kier molecular flexibility index (Phi) is 7.16. The summed E-state index contributed by atoms with van der Waals surface area (Å²) in [4.78, 5) is 17.5. The van der Waals surface area contributed by atoms with Gasteiger partial charge in [0.15, 0.2) is 5.13 Å². The molecular formula is C25H31N3O3S2. The number of sulfonamides is 1. The molecule has 1 aliphatic rings. The molecule has 1 aromatic heterocycles. The van der Waals surface area contributed by atoms with E-state index in [1.165, 1.54) is 35.5 Å². The van der Waals surface area contributed by atoms with E-state index >= 15 is 0 Å². The largest absolute Gasteiger partial charge is 0.298 e. The fourth-order valence-electron chi connectivity index (χ4n) is 4.43. The lowest BCUT2D eigenvalue weighted by atomic mass is 9.95. The molecule has 1 saturated carbocycles. The van der Waals surface area contributed by atoms with Crippen LogP contribution in [0.4, 0.5) is 5.13 Å². The number of hydrogen-bond acceptors (Lipinski definition) is 5. The lowest BCUT2D eigenvalue weighted by molar-refractivity contribution is 0.102. The van der Waals surface area contributed by atoms with Crippen LogP contribution in [0.5, 0.6) is 0 Å². The first kappa shape index (κ1) is 23.9. The Labute approximate surface area is 200 Å². The number of amides is 1. The quantitative estimate of drug-likeness (QED) is 0.444. The second kappa shape index (κ2) is 9.91. The number of carbonyl (C=O) groups excluding carboxylic acids is 1. The summed E-state index contributed by atoms with van der Waals surface area (Å²) >= 11 is 1.44. The molecule has 3 aromatic rings. The number of nitrogens with one attached hydrogen (secondary N) is 1. The highest BCUT2D eigenvalue weighted by molar-refractivity contribution is 7.89. The Balaban J connectivity index is 1.49. The van der Waals surface area contributed by atoms with Gasteiger partial charge in [-0.25, -0.2) is 13.4 Å². The van der Waals surface area contributed by atoms with E-state index in [1.54, 1.807) is 16.4 Å². The maximum atomic E-state index is 13.2. The van der Waals surface area contributed by atoms with Crippen LogP contribution in [0, 0.1) is 0 Å². The van der Waals surface area contributed by atoms with E-state index in [1.807, 2.05) is 13.0 Å². The first-order chi connectivity index (χ1) is 15.8. The van der Waals surface area contributed by atoms with E-state index < -0.39 is 10.0 Å². The van der Waals surface area contributed by atoms with E-state index in [0.717, 1.165) is 35.9 Å². The highest BCUT2D eigenvalue weighted by Gasteiger charge is 2.31. The summed E-state index contributed by atoms with van der Waals surface area (Å²) < 4.78 is 29.1. The SMILES string of the molecule is CCN(C1CCCCC1)S(=O)(=O)c1ccc(C(=O)Nc2nc3ccc(C(C)C)cc3s2)cc1. The van der Waals surface area contributed by atoms with E-state index in [0.29, 0.717) is 23.2 Å². The van der Waals surface area contributed by atoms with E-state index in [2.05, 4.69) is 36.3 Å². The number of aromatic nitrogens is 1. The molecule has 1 amide bonds. The Morgan fingerprint density at radius 2 is 1.82 bits per heavy atom. The van der Waals surface area contributed by atoms with Crippen LogP contribution in [-0.2, 0) is 10.0 Å². The predicted molar refractivity (Wildman–Crippen MR) is 135 cm³/mol. The number of rotatable bonds is 7. The molecule has 6 nitrogen and oxygen atoms in total. The first-order valence-electron chi connectivity index (χ1n) is 11.6. The lowest BCUT2D eigenvalue weighted by Crippen LogP contribution is -2.41. The second-order valence-electron chi connectivity index (χ2n) is 8.88. The number of anilines is 1. The molecule has 2 aromatic carbocycles. The van der Waals surface area contributed by atoms with Crippen LogP contribution in [0.3, 0.4) is 0 Å². The molecule has 0 bridgehead atoms. The molecule has 176 valence electrons. The predicted octanol–water partition coefficient (Wildman–Crippen LogP) is 6.02. The normalized spacial score (nSPS) is 15.4. The van der Waals surface area contributed by atoms with E-state index in [9.17, 15) is 13.2 Å². The summed E-state index contributed by atoms with van der Waals surface area (Å²) in [7, 11) is -3.59. The van der Waals surface area contributed by atoms with Gasteiger partial charge in [-0.1, -0.05) is 57.4 Å². The topological polar surface area (TPSA) is 79.4 Å². The van der Waals surface area contributed by atoms with Crippen LogP contribution in [0.1, 0.15) is 74.7 Å². The van der Waals surface area contributed by atoms with Gasteiger partial charge in [0.25, 0.3) is 5.91 Å². The van der Waals surface area contributed by atoms with Gasteiger partial charge in [0.2, 0.25) is 10.0 Å². The number of fused-ring (bicyclic) bond motifs is 1. The van der Waals surface area contributed by atoms with Crippen LogP contribution < -0.4 is 5.32 Å². The van der Waals surface area contributed by atoms with Gasteiger partial charge in [-0.05, 0) is 60.7 Å². The zero-order chi connectivity index (χ0) is 23.6. The van der Waals surface area contributed by atoms with Gasteiger partial charge in [0.05, 0.1) is 15.1 Å². The van der Waals surface area contributed by atoms with E-state index in [4.69, 9.17) is 0 Å². The van der Waals surface area contributed by atoms with Gasteiger partial charge in [-0.3, -0.25) is 10.1 Å². The summed E-state index contributed by atoms with van der Waals surface area (Å²) in [6.45, 7) is 6.62. The lowest BCUT2D eigenvalue weighted by Gasteiger charge is -2.32. The van der Waals surface area contributed by atoms with Crippen LogP contribution in [-0.4, -0.2) is 36.2 Å². The average molecular weight is 486 g/mol. The molecule has 1 heterocycles. The molecule has 0 atom stereocenters. The monoisotopic (exact) mass is 485 g/mol. The fourth-order valence-corrected chi connectivity index (χ4v) is 7.03. The van der Waals surface area contributed by atoms with Crippen LogP contribution in [0.2, 0.25) is 0 Å². The van der Waals surface area contributed by atoms with Crippen molar-refractivity contribution in [2.45, 2.75) is 69.7 Å². The van der Waals surface area contributed by atoms with E-state index in [-0.39, 0.29) is 16.8 Å². The highest BCUT2D eigenvalue weighted by atomic mass is 32.2. The molecule has 4 rings (SSSR count). The number of thiazole rings is 1. The molecule has 1 fully saturated rings. The van der Waals surface area contributed by atoms with Crippen molar-refractivity contribution in [3.63, 3.8) is 0 Å². The van der Waals surface area contributed by atoms with Crippen molar-refractivity contribution < 1.29 is 13.2 Å². The summed E-state index contributed by atoms with van der Waals surface area (Å²) in [6.07, 6.45) is 5.13. The van der Waals surface area contributed by atoms with Gasteiger partial charge in [-0.2, -0.15) is 4.31 Å². The number of hydrogen-bond donors (Lipinski definition) is 1. The Morgan fingerprint density at radius 3 is 2.45 bits per heavy atom. The van der Waals surface area contributed by atoms with Gasteiger partial charge in [0, 0.05) is 18.2 Å². The molecule has 0 aliphatic heterocycles. The maximum absolute atomic E-state index is 13.2. The third-order valence-electron chi connectivity index (χ3n) is 6.32. The first-order valence-corrected chi connectivity index (χ1v) is 13.9. The van der Waals surface area contributed by atoms with Gasteiger partial charge in [0.1, 0.15) is 0 Å². The molecule has 0 spiro atoms. The second-order valence-corrected chi connectivity index (χ2v) is 11.8. The smallest absolute Gasteiger partial charge is 0.257 e. The van der Waals surface area contributed by atoms with Gasteiger partial charge >= 0.3 is 0 Å². The Morgan fingerprint density at radius 1 is 1.12 bits per heavy atom. The number of benzene rings is 2. The number of carbonyl (C=O) groups is 1. The van der Waals surface area contributed by atoms with Crippen molar-refractivity contribution in [2.75, 3.05) is 11.9 Å². The molecule has 1 aliphatic carbocycles. The Bertz CT molecular complexity index is 1230. The summed E-state index contributed by atoms with van der Waals surface area (Å²) in [6, 6.07) is 12.4. The third-order valence-corrected chi connectivity index (χ3v) is 9.29. The average Bonchev–Trinajstić information content (AvgIpc) is 3.21. The Hall–Kier alpha value is -2.29. The van der Waals surface area contributed by atoms with Crippen molar-refractivity contribution in [3.8, 4) is 0 Å². The highest BCUT2D eigenvalue weighted by Crippen LogP contribution is 2.30. The molecule has 33 heavy (non-hydrogen) atoms. The molecule has 8 heteroatoms. The van der Waals surface area contributed by atoms with Crippen molar-refractivity contribution in [1.29, 1.82) is 0 Å². The zero-order valence-corrected chi connectivity index (χ0v) is 21.0. The van der Waals surface area contributed by atoms with Crippen LogP contribution in [0.25, 0.3) is 10.2 Å². The van der Waals surface area contributed by atoms with Crippen molar-refractivity contribution >= 4 is 42.6 Å². The molecule has 0 radical (unpaired) electrons. The minimum atomic E-state index is -3.59. The minimum absolute atomic E-state index is 0.0620. The fraction of sp³-hybridized carbons (Fsp3) is 0.440. The maximum Gasteiger partial charge on any atom is 0.257 e. The summed E-state index contributed by atoms with van der Waals surface area (Å²) in [5.74, 6) is 0.118. The van der Waals surface area contributed by atoms with Crippen LogP contribution >= 0.6 is 11.3 Å². The van der Waals surface area contributed by atoms with Gasteiger partial charge in [-0.15, -0.1) is 0 Å². The van der Waals surface area contributed by atoms with Crippen LogP contribution in [0.15, 0.2) is 47.4 Å². The molecule has 1 N–H and O–H groups in total. The third kappa shape index (κ3) is 5.13. The van der Waals surface area contributed by atoms with Crippen molar-refractivity contribution in [1.82, 2.24) is 9.29 Å². The molecular weight excluding hydrogens is 454 g/mol. The standard InChI is InChI=1S/C25H31N3O3S2/c1-4-28(20-8-6-5-7-9-20)33(30,31)21-13-10-18(11-14-21)24(29)27-25-26-22-15-12-19(17(2)3)16-23(22)32-25/h10-17,20H,4-9H2,1-3H3,(H,26,27,29). The van der Waals surface area contributed by atoms with Gasteiger partial charge < -0.3 is 0 Å². The minimum Gasteiger partial charge on any atom is -0.298 e.